The van der Waals surface area contributed by atoms with Crippen LogP contribution in [0.3, 0.4) is 0 Å². The molecule has 200 valence electrons. The van der Waals surface area contributed by atoms with E-state index in [1.807, 2.05) is 69.3 Å². The van der Waals surface area contributed by atoms with Gasteiger partial charge in [0.15, 0.2) is 5.88 Å². The Morgan fingerprint density at radius 2 is 1.76 bits per heavy atom. The van der Waals surface area contributed by atoms with E-state index in [1.165, 1.54) is 34.4 Å². The Labute approximate surface area is 233 Å². The van der Waals surface area contributed by atoms with Gasteiger partial charge in [0, 0.05) is 21.2 Å². The van der Waals surface area contributed by atoms with Gasteiger partial charge in [-0.05, 0) is 48.9 Å². The smallest absolute Gasteiger partial charge is 0.317 e. The lowest BCUT2D eigenvalue weighted by Gasteiger charge is -2.20. The minimum atomic E-state index is -4.34. The van der Waals surface area contributed by atoms with Crippen LogP contribution in [-0.2, 0) is 26.1 Å². The molecule has 3 heterocycles. The van der Waals surface area contributed by atoms with Crippen molar-refractivity contribution in [2.75, 3.05) is 10.8 Å². The molecule has 0 amide bonds. The number of aryl methyl sites for hydroxylation is 2. The maximum Gasteiger partial charge on any atom is 0.326 e. The molecular weight excluding hydrogens is 585 g/mol. The number of thiophene rings is 1. The average Bonchev–Trinajstić information content (AvgIpc) is 3.43. The van der Waals surface area contributed by atoms with Crippen LogP contribution in [0.5, 0.6) is 0 Å². The first-order chi connectivity index (χ1) is 17.8. The van der Waals surface area contributed by atoms with E-state index in [0.717, 1.165) is 46.9 Å². The number of allylic oxidation sites excluding steroid dienone is 2. The summed E-state index contributed by atoms with van der Waals surface area (Å²) in [6.07, 6.45) is 4.32. The van der Waals surface area contributed by atoms with Crippen LogP contribution in [0, 0.1) is 13.8 Å². The molecule has 0 spiro atoms. The summed E-state index contributed by atoms with van der Waals surface area (Å²) in [5, 5.41) is 3.12. The number of rotatable bonds is 7. The van der Waals surface area contributed by atoms with E-state index < -0.39 is 32.0 Å². The van der Waals surface area contributed by atoms with Crippen molar-refractivity contribution in [2.24, 2.45) is 0 Å². The van der Waals surface area contributed by atoms with Gasteiger partial charge in [0.2, 0.25) is 0 Å². The van der Waals surface area contributed by atoms with Crippen LogP contribution in [0.1, 0.15) is 28.8 Å². The van der Waals surface area contributed by atoms with Gasteiger partial charge in [-0.25, -0.2) is 0 Å². The zero-order valence-electron chi connectivity index (χ0n) is 20.7. The highest BCUT2D eigenvalue weighted by molar-refractivity contribution is 8.03. The lowest BCUT2D eigenvalue weighted by atomic mass is 10.1. The Kier molecular flexibility index (Phi) is 7.22. The molecule has 38 heavy (non-hydrogen) atoms. The molecule has 2 aromatic heterocycles. The largest absolute Gasteiger partial charge is 0.326 e. The van der Waals surface area contributed by atoms with Gasteiger partial charge in [0.25, 0.3) is 25.8 Å². The van der Waals surface area contributed by atoms with Crippen LogP contribution in [0.25, 0.3) is 26.4 Å². The van der Waals surface area contributed by atoms with Gasteiger partial charge in [0.05, 0.1) is 10.7 Å². The van der Waals surface area contributed by atoms with Crippen LogP contribution in [0.15, 0.2) is 58.0 Å². The maximum absolute atomic E-state index is 12.0. The molecule has 1 aliphatic rings. The number of nitrogens with zero attached hydrogens (tertiary/aromatic N) is 2. The van der Waals surface area contributed by atoms with Gasteiger partial charge < -0.3 is 4.90 Å². The Bertz CT molecular complexity index is 1870. The molecule has 0 radical (unpaired) electrons. The second-order valence-corrected chi connectivity index (χ2v) is 15.1. The first-order valence-corrected chi connectivity index (χ1v) is 17.2. The second-order valence-electron chi connectivity index (χ2n) is 8.93. The molecule has 4 aromatic rings. The Morgan fingerprint density at radius 3 is 2.45 bits per heavy atom. The van der Waals surface area contributed by atoms with Gasteiger partial charge in [-0.3, -0.25) is 9.11 Å². The summed E-state index contributed by atoms with van der Waals surface area (Å²) >= 11 is 4.34. The maximum atomic E-state index is 12.0. The Morgan fingerprint density at radius 1 is 1.03 bits per heavy atom. The number of thiazole rings is 1. The third-order valence-corrected chi connectivity index (χ3v) is 11.1. The number of thioether (sulfide) groups is 1. The van der Waals surface area contributed by atoms with E-state index >= 15 is 0 Å². The number of fused-ring (bicyclic) bond motifs is 4. The summed E-state index contributed by atoms with van der Waals surface area (Å²) in [6, 6.07) is 11.6. The highest BCUT2D eigenvalue weighted by atomic mass is 32.2. The SMILES string of the molecule is CCC(=Cc1sc2c(C)c(C)sc2[n+]1CS(=O)(=O)O)C=C1Sc2ccc3ccccc3c2N1CS(=O)(=O)O. The van der Waals surface area contributed by atoms with Gasteiger partial charge in [-0.1, -0.05) is 71.7 Å². The normalized spacial score (nSPS) is 15.8. The number of aromatic nitrogens is 1. The number of benzene rings is 2. The molecule has 0 saturated carbocycles. The fourth-order valence-electron chi connectivity index (χ4n) is 4.37. The zero-order valence-corrected chi connectivity index (χ0v) is 24.8. The number of hydrogen-bond donors (Lipinski definition) is 2. The summed E-state index contributed by atoms with van der Waals surface area (Å²) in [6.45, 7) is 5.92. The van der Waals surface area contributed by atoms with Crippen LogP contribution in [0.4, 0.5) is 5.69 Å². The van der Waals surface area contributed by atoms with Crippen molar-refractivity contribution in [3.63, 3.8) is 0 Å². The van der Waals surface area contributed by atoms with Crippen LogP contribution >= 0.6 is 34.4 Å². The molecule has 5 rings (SSSR count). The Balaban J connectivity index is 1.65. The third-order valence-electron chi connectivity index (χ3n) is 6.26. The van der Waals surface area contributed by atoms with Gasteiger partial charge in [-0.2, -0.15) is 21.4 Å². The molecule has 13 heteroatoms. The van der Waals surface area contributed by atoms with Crippen LogP contribution in [-0.4, -0.2) is 31.8 Å². The van der Waals surface area contributed by atoms with Crippen molar-refractivity contribution in [1.82, 2.24) is 0 Å². The van der Waals surface area contributed by atoms with Gasteiger partial charge >= 0.3 is 10.1 Å². The standard InChI is InChI=1S/C25H24N2O6S5/c1-4-17(12-22-27(14-38(31,32)33)25-24(36-22)15(2)16(3)34-25)11-21-26(13-37(28,29)30)23-19-8-6-5-7-18(19)9-10-20(23)35-21/h5-12H,4,13-14H2,1-3H3,(H-,28,29,30,31,32,33)/p+1. The lowest BCUT2D eigenvalue weighted by molar-refractivity contribution is -0.647. The van der Waals surface area contributed by atoms with Gasteiger partial charge in [-0.15, -0.1) is 0 Å². The highest BCUT2D eigenvalue weighted by Gasteiger charge is 2.31. The van der Waals surface area contributed by atoms with Crippen molar-refractivity contribution >= 4 is 86.7 Å². The Hall–Kier alpha value is -2.26. The lowest BCUT2D eigenvalue weighted by Crippen LogP contribution is -2.38. The van der Waals surface area contributed by atoms with Crippen LogP contribution < -0.4 is 9.47 Å². The minimum absolute atomic E-state index is 0.563. The summed E-state index contributed by atoms with van der Waals surface area (Å²) in [5.41, 5.74) is 2.62. The van der Waals surface area contributed by atoms with E-state index in [-0.39, 0.29) is 0 Å². The summed E-state index contributed by atoms with van der Waals surface area (Å²) < 4.78 is 69.7. The highest BCUT2D eigenvalue weighted by Crippen LogP contribution is 2.50. The fourth-order valence-corrected chi connectivity index (χ4v) is 9.59. The van der Waals surface area contributed by atoms with Crippen molar-refractivity contribution in [3.05, 3.63) is 68.5 Å². The predicted molar refractivity (Wildman–Crippen MR) is 156 cm³/mol. The van der Waals surface area contributed by atoms with Crippen LogP contribution in [0.2, 0.25) is 0 Å². The van der Waals surface area contributed by atoms with E-state index in [1.54, 1.807) is 9.47 Å². The zero-order chi connectivity index (χ0) is 27.4. The quantitative estimate of drug-likeness (QED) is 0.195. The fraction of sp³-hybridized carbons (Fsp3) is 0.240. The van der Waals surface area contributed by atoms with E-state index in [4.69, 9.17) is 0 Å². The summed E-state index contributed by atoms with van der Waals surface area (Å²) in [7, 11) is -8.63. The van der Waals surface area contributed by atoms with Crippen molar-refractivity contribution < 1.29 is 30.5 Å². The minimum Gasteiger partial charge on any atom is -0.317 e. The molecule has 2 aromatic carbocycles. The molecule has 0 saturated heterocycles. The van der Waals surface area contributed by atoms with E-state index in [9.17, 15) is 25.9 Å². The number of hydrogen-bond acceptors (Lipinski definition) is 8. The molecule has 0 aliphatic carbocycles. The molecule has 8 nitrogen and oxygen atoms in total. The molecule has 0 unspecified atom stereocenters. The predicted octanol–water partition coefficient (Wildman–Crippen LogP) is 5.96. The van der Waals surface area contributed by atoms with E-state index in [2.05, 4.69) is 0 Å². The average molecular weight is 610 g/mol. The second kappa shape index (κ2) is 10.0. The third kappa shape index (κ3) is 5.41. The molecular formula is C25H25N2O6S5+. The van der Waals surface area contributed by atoms with Crippen molar-refractivity contribution in [3.8, 4) is 0 Å². The monoisotopic (exact) mass is 609 g/mol. The molecule has 1 aliphatic heterocycles. The molecule has 2 N–H and O–H groups in total. The van der Waals surface area contributed by atoms with Crippen molar-refractivity contribution in [1.29, 1.82) is 0 Å². The first-order valence-electron chi connectivity index (χ1n) is 11.6. The molecule has 0 bridgehead atoms. The molecule has 0 atom stereocenters. The summed E-state index contributed by atoms with van der Waals surface area (Å²) in [4.78, 5) is 4.34. The summed E-state index contributed by atoms with van der Waals surface area (Å²) in [5.74, 6) is -1.16. The number of anilines is 1. The topological polar surface area (TPSA) is 116 Å². The molecule has 0 fully saturated rings. The van der Waals surface area contributed by atoms with Gasteiger partial charge in [0.1, 0.15) is 4.70 Å². The van der Waals surface area contributed by atoms with E-state index in [0.29, 0.717) is 16.5 Å². The first kappa shape index (κ1) is 27.3. The van der Waals surface area contributed by atoms with Crippen molar-refractivity contribution in [2.45, 2.75) is 38.0 Å².